The van der Waals surface area contributed by atoms with Crippen molar-refractivity contribution in [2.45, 2.75) is 13.5 Å². The summed E-state index contributed by atoms with van der Waals surface area (Å²) in [5, 5.41) is 11.3. The van der Waals surface area contributed by atoms with Crippen LogP contribution in [0.4, 0.5) is 10.1 Å². The van der Waals surface area contributed by atoms with Gasteiger partial charge in [0.2, 0.25) is 0 Å². The van der Waals surface area contributed by atoms with Crippen molar-refractivity contribution < 1.29 is 9.18 Å². The maximum Gasteiger partial charge on any atom is 0.259 e. The average Bonchev–Trinajstić information content (AvgIpc) is 3.34. The van der Waals surface area contributed by atoms with Crippen molar-refractivity contribution in [2.24, 2.45) is 0 Å². The highest BCUT2D eigenvalue weighted by atomic mass is 19.1. The van der Waals surface area contributed by atoms with Crippen molar-refractivity contribution in [3.63, 3.8) is 0 Å². The van der Waals surface area contributed by atoms with Gasteiger partial charge >= 0.3 is 0 Å². The summed E-state index contributed by atoms with van der Waals surface area (Å²) in [6.45, 7) is 2.29. The number of carbonyl (C=O) groups is 1. The second-order valence-electron chi connectivity index (χ2n) is 6.24. The van der Waals surface area contributed by atoms with E-state index in [1.54, 1.807) is 34.7 Å². The largest absolute Gasteiger partial charge is 0.322 e. The molecule has 0 aliphatic heterocycles. The summed E-state index contributed by atoms with van der Waals surface area (Å²) in [6.07, 6.45) is 4.60. The molecule has 28 heavy (non-hydrogen) atoms. The molecule has 8 heteroatoms. The first-order valence-corrected chi connectivity index (χ1v) is 8.64. The minimum atomic E-state index is -0.324. The van der Waals surface area contributed by atoms with Gasteiger partial charge in [-0.3, -0.25) is 4.79 Å². The van der Waals surface area contributed by atoms with Crippen LogP contribution in [0.3, 0.4) is 0 Å². The van der Waals surface area contributed by atoms with Crippen LogP contribution >= 0.6 is 0 Å². The summed E-state index contributed by atoms with van der Waals surface area (Å²) in [5.41, 5.74) is 3.39. The minimum Gasteiger partial charge on any atom is -0.322 e. The van der Waals surface area contributed by atoms with Crippen LogP contribution in [-0.4, -0.2) is 30.5 Å². The molecule has 0 saturated carbocycles. The summed E-state index contributed by atoms with van der Waals surface area (Å²) in [7, 11) is 0. The Balaban J connectivity index is 1.57. The van der Waals surface area contributed by atoms with Gasteiger partial charge in [-0.1, -0.05) is 18.2 Å². The highest BCUT2D eigenvalue weighted by Gasteiger charge is 2.16. The van der Waals surface area contributed by atoms with E-state index in [1.165, 1.54) is 24.7 Å². The quantitative estimate of drug-likeness (QED) is 0.580. The molecule has 0 saturated heterocycles. The van der Waals surface area contributed by atoms with E-state index in [9.17, 15) is 9.18 Å². The SMILES string of the molecule is Cc1c(C(=O)Nc2ccccc2Cn2cncn2)cnn1-c1ccc(F)cc1. The highest BCUT2D eigenvalue weighted by Crippen LogP contribution is 2.20. The number of benzene rings is 2. The Morgan fingerprint density at radius 2 is 1.89 bits per heavy atom. The lowest BCUT2D eigenvalue weighted by Crippen LogP contribution is -2.15. The molecule has 4 aromatic rings. The van der Waals surface area contributed by atoms with Crippen molar-refractivity contribution in [1.29, 1.82) is 0 Å². The molecule has 0 unspecified atom stereocenters. The Labute approximate surface area is 160 Å². The number of anilines is 1. The van der Waals surface area contributed by atoms with E-state index in [-0.39, 0.29) is 11.7 Å². The molecule has 0 atom stereocenters. The molecule has 140 valence electrons. The predicted octanol–water partition coefficient (Wildman–Crippen LogP) is 3.21. The third-order valence-electron chi connectivity index (χ3n) is 4.39. The summed E-state index contributed by atoms with van der Waals surface area (Å²) in [5.74, 6) is -0.590. The molecule has 0 bridgehead atoms. The summed E-state index contributed by atoms with van der Waals surface area (Å²) in [6, 6.07) is 13.5. The molecule has 1 amide bonds. The number of halogens is 1. The van der Waals surface area contributed by atoms with Crippen LogP contribution in [0.1, 0.15) is 21.6 Å². The maximum atomic E-state index is 13.1. The zero-order chi connectivity index (χ0) is 19.5. The fourth-order valence-electron chi connectivity index (χ4n) is 2.93. The number of aromatic nitrogens is 5. The molecule has 2 aromatic carbocycles. The first-order chi connectivity index (χ1) is 13.6. The van der Waals surface area contributed by atoms with E-state index in [1.807, 2.05) is 24.3 Å². The second kappa shape index (κ2) is 7.43. The van der Waals surface area contributed by atoms with Gasteiger partial charge in [-0.25, -0.2) is 18.7 Å². The Morgan fingerprint density at radius 1 is 1.11 bits per heavy atom. The second-order valence-corrected chi connectivity index (χ2v) is 6.24. The van der Waals surface area contributed by atoms with Crippen LogP contribution in [0.25, 0.3) is 5.69 Å². The Kier molecular flexibility index (Phi) is 4.67. The van der Waals surface area contributed by atoms with Crippen molar-refractivity contribution in [3.8, 4) is 5.69 Å². The average molecular weight is 376 g/mol. The third-order valence-corrected chi connectivity index (χ3v) is 4.39. The number of amides is 1. The highest BCUT2D eigenvalue weighted by molar-refractivity contribution is 6.05. The molecule has 4 rings (SSSR count). The molecule has 2 aromatic heterocycles. The lowest BCUT2D eigenvalue weighted by atomic mass is 10.1. The van der Waals surface area contributed by atoms with Gasteiger partial charge in [0.05, 0.1) is 29.7 Å². The van der Waals surface area contributed by atoms with E-state index < -0.39 is 0 Å². The number of hydrogen-bond acceptors (Lipinski definition) is 4. The number of nitrogens with one attached hydrogen (secondary N) is 1. The lowest BCUT2D eigenvalue weighted by molar-refractivity contribution is 0.102. The van der Waals surface area contributed by atoms with Crippen molar-refractivity contribution in [2.75, 3.05) is 5.32 Å². The van der Waals surface area contributed by atoms with Gasteiger partial charge in [-0.2, -0.15) is 10.2 Å². The topological polar surface area (TPSA) is 77.6 Å². The zero-order valence-electron chi connectivity index (χ0n) is 15.1. The van der Waals surface area contributed by atoms with E-state index in [2.05, 4.69) is 20.5 Å². The van der Waals surface area contributed by atoms with Crippen molar-refractivity contribution in [1.82, 2.24) is 24.5 Å². The minimum absolute atomic E-state index is 0.267. The van der Waals surface area contributed by atoms with E-state index in [0.717, 1.165) is 5.56 Å². The van der Waals surface area contributed by atoms with Gasteiger partial charge in [0.15, 0.2) is 0 Å². The summed E-state index contributed by atoms with van der Waals surface area (Å²) < 4.78 is 16.4. The standard InChI is InChI=1S/C20H17FN6O/c1-14-18(10-23-27(14)17-8-6-16(21)7-9-17)20(28)25-19-5-3-2-4-15(19)11-26-13-22-12-24-26/h2-10,12-13H,11H2,1H3,(H,25,28). The lowest BCUT2D eigenvalue weighted by Gasteiger charge is -2.11. The van der Waals surface area contributed by atoms with Gasteiger partial charge in [0.25, 0.3) is 5.91 Å². The molecule has 2 heterocycles. The fraction of sp³-hybridized carbons (Fsp3) is 0.100. The maximum absolute atomic E-state index is 13.1. The Morgan fingerprint density at radius 3 is 2.64 bits per heavy atom. The molecule has 7 nitrogen and oxygen atoms in total. The van der Waals surface area contributed by atoms with Gasteiger partial charge < -0.3 is 5.32 Å². The van der Waals surface area contributed by atoms with E-state index in [4.69, 9.17) is 0 Å². The van der Waals surface area contributed by atoms with Crippen molar-refractivity contribution in [3.05, 3.63) is 90.0 Å². The summed E-state index contributed by atoms with van der Waals surface area (Å²) in [4.78, 5) is 16.8. The van der Waals surface area contributed by atoms with E-state index in [0.29, 0.717) is 29.2 Å². The van der Waals surface area contributed by atoms with Gasteiger partial charge in [-0.15, -0.1) is 0 Å². The molecular weight excluding hydrogens is 359 g/mol. The number of rotatable bonds is 5. The van der Waals surface area contributed by atoms with Crippen LogP contribution in [0.5, 0.6) is 0 Å². The molecule has 0 aliphatic rings. The van der Waals surface area contributed by atoms with Crippen molar-refractivity contribution >= 4 is 11.6 Å². The molecule has 0 radical (unpaired) electrons. The number of nitrogens with zero attached hydrogens (tertiary/aromatic N) is 5. The number of para-hydroxylation sites is 1. The van der Waals surface area contributed by atoms with Crippen LogP contribution in [0, 0.1) is 12.7 Å². The van der Waals surface area contributed by atoms with E-state index >= 15 is 0 Å². The zero-order valence-corrected chi connectivity index (χ0v) is 15.1. The van der Waals surface area contributed by atoms with Crippen LogP contribution in [-0.2, 0) is 6.54 Å². The number of carbonyl (C=O) groups excluding carboxylic acids is 1. The first kappa shape index (κ1) is 17.6. The summed E-state index contributed by atoms with van der Waals surface area (Å²) >= 11 is 0. The predicted molar refractivity (Wildman–Crippen MR) is 102 cm³/mol. The Hall–Kier alpha value is -3.81. The van der Waals surface area contributed by atoms with Gasteiger partial charge in [0, 0.05) is 5.69 Å². The smallest absolute Gasteiger partial charge is 0.259 e. The monoisotopic (exact) mass is 376 g/mol. The van der Waals surface area contributed by atoms with Gasteiger partial charge in [-0.05, 0) is 42.8 Å². The molecular formula is C20H17FN6O. The molecule has 1 N–H and O–H groups in total. The molecule has 0 spiro atoms. The molecule has 0 aliphatic carbocycles. The van der Waals surface area contributed by atoms with Crippen LogP contribution < -0.4 is 5.32 Å². The number of hydrogen-bond donors (Lipinski definition) is 1. The Bertz CT molecular complexity index is 1100. The molecule has 0 fully saturated rings. The van der Waals surface area contributed by atoms with Crippen LogP contribution in [0.2, 0.25) is 0 Å². The normalized spacial score (nSPS) is 10.8. The first-order valence-electron chi connectivity index (χ1n) is 8.64. The fourth-order valence-corrected chi connectivity index (χ4v) is 2.93. The van der Waals surface area contributed by atoms with Gasteiger partial charge in [0.1, 0.15) is 18.5 Å². The van der Waals surface area contributed by atoms with Crippen LogP contribution in [0.15, 0.2) is 67.4 Å². The third kappa shape index (κ3) is 3.52.